The topological polar surface area (TPSA) is 115 Å². The van der Waals surface area contributed by atoms with E-state index >= 15 is 0 Å². The Balaban J connectivity index is 1.48. The molecule has 1 aliphatic carbocycles. The van der Waals surface area contributed by atoms with Gasteiger partial charge >= 0.3 is 0 Å². The van der Waals surface area contributed by atoms with Gasteiger partial charge in [-0.3, -0.25) is 9.59 Å². The summed E-state index contributed by atoms with van der Waals surface area (Å²) < 4.78 is 6.17. The average Bonchev–Trinajstić information content (AvgIpc) is 3.53. The summed E-state index contributed by atoms with van der Waals surface area (Å²) in [5.41, 5.74) is 3.25. The highest BCUT2D eigenvalue weighted by Gasteiger charge is 2.50. The molecule has 4 atom stereocenters. The Morgan fingerprint density at radius 2 is 1.95 bits per heavy atom. The Bertz CT molecular complexity index is 1330. The van der Waals surface area contributed by atoms with Crippen molar-refractivity contribution in [1.29, 1.82) is 0 Å². The Labute approximate surface area is 221 Å². The standard InChI is InChI=1S/C30H33N3O5/c1-2-3-12-26(35)33(15-13-20-17-19-8-4-6-10-23(19)32-20)24-18-22(30(37)31-14-16-34)27-21-9-5-7-11-25(21)38-29(27)28(24)36/h2,4-11,17-18,24,27-29,32,34,36H,1,3,12-16H2,(H,31,37). The maximum atomic E-state index is 13.5. The summed E-state index contributed by atoms with van der Waals surface area (Å²) in [6.07, 6.45) is 2.94. The molecule has 5 rings (SSSR count). The molecule has 0 bridgehead atoms. The summed E-state index contributed by atoms with van der Waals surface area (Å²) >= 11 is 0. The maximum absolute atomic E-state index is 13.5. The van der Waals surface area contributed by atoms with Gasteiger partial charge in [0, 0.05) is 48.3 Å². The fourth-order valence-electron chi connectivity index (χ4n) is 5.51. The third kappa shape index (κ3) is 4.97. The molecular formula is C30H33N3O5. The molecule has 2 heterocycles. The summed E-state index contributed by atoms with van der Waals surface area (Å²) in [6, 6.07) is 16.7. The van der Waals surface area contributed by atoms with E-state index in [1.165, 1.54) is 0 Å². The lowest BCUT2D eigenvalue weighted by atomic mass is 9.77. The van der Waals surface area contributed by atoms with Crippen LogP contribution in [0.1, 0.15) is 30.0 Å². The molecule has 38 heavy (non-hydrogen) atoms. The van der Waals surface area contributed by atoms with Crippen molar-refractivity contribution < 1.29 is 24.5 Å². The number of hydrogen-bond acceptors (Lipinski definition) is 5. The van der Waals surface area contributed by atoms with Crippen LogP contribution < -0.4 is 10.1 Å². The van der Waals surface area contributed by atoms with Crippen molar-refractivity contribution >= 4 is 22.7 Å². The number of nitrogens with zero attached hydrogens (tertiary/aromatic N) is 1. The van der Waals surface area contributed by atoms with E-state index < -0.39 is 24.2 Å². The summed E-state index contributed by atoms with van der Waals surface area (Å²) in [5, 5.41) is 24.7. The molecule has 4 unspecified atom stereocenters. The van der Waals surface area contributed by atoms with Crippen molar-refractivity contribution in [2.45, 2.75) is 43.4 Å². The first-order valence-electron chi connectivity index (χ1n) is 13.0. The Morgan fingerprint density at radius 3 is 2.74 bits per heavy atom. The number of aromatic nitrogens is 1. The fraction of sp³-hybridized carbons (Fsp3) is 0.333. The smallest absolute Gasteiger partial charge is 0.247 e. The van der Waals surface area contributed by atoms with Crippen LogP contribution in [-0.2, 0) is 16.0 Å². The molecule has 2 aliphatic rings. The maximum Gasteiger partial charge on any atom is 0.247 e. The van der Waals surface area contributed by atoms with E-state index in [4.69, 9.17) is 4.74 Å². The lowest BCUT2D eigenvalue weighted by Gasteiger charge is -2.40. The summed E-state index contributed by atoms with van der Waals surface area (Å²) in [5.74, 6) is -0.341. The highest BCUT2D eigenvalue weighted by atomic mass is 16.5. The predicted molar refractivity (Wildman–Crippen MR) is 145 cm³/mol. The number of aliphatic hydroxyl groups excluding tert-OH is 2. The van der Waals surface area contributed by atoms with Gasteiger partial charge in [0.25, 0.3) is 0 Å². The molecule has 0 radical (unpaired) electrons. The first-order chi connectivity index (χ1) is 18.5. The largest absolute Gasteiger partial charge is 0.486 e. The molecule has 1 aliphatic heterocycles. The van der Waals surface area contributed by atoms with E-state index in [2.05, 4.69) is 22.9 Å². The molecule has 8 nitrogen and oxygen atoms in total. The average molecular weight is 516 g/mol. The quantitative estimate of drug-likeness (QED) is 0.310. The predicted octanol–water partition coefficient (Wildman–Crippen LogP) is 2.83. The second-order valence-corrected chi connectivity index (χ2v) is 9.73. The van der Waals surface area contributed by atoms with Gasteiger partial charge < -0.3 is 30.2 Å². The summed E-state index contributed by atoms with van der Waals surface area (Å²) in [4.78, 5) is 31.8. The first-order valence-corrected chi connectivity index (χ1v) is 13.0. The van der Waals surface area contributed by atoms with Crippen LogP contribution in [0, 0.1) is 0 Å². The second-order valence-electron chi connectivity index (χ2n) is 9.73. The number of carbonyl (C=O) groups excluding carboxylic acids is 2. The van der Waals surface area contributed by atoms with E-state index in [0.717, 1.165) is 22.2 Å². The number of aliphatic hydroxyl groups is 2. The van der Waals surface area contributed by atoms with Gasteiger partial charge in [0.05, 0.1) is 18.6 Å². The number of carbonyl (C=O) groups is 2. The number of benzene rings is 2. The number of H-pyrrole nitrogens is 1. The zero-order valence-electron chi connectivity index (χ0n) is 21.2. The lowest BCUT2D eigenvalue weighted by molar-refractivity contribution is -0.137. The number of rotatable bonds is 10. The molecule has 8 heteroatoms. The minimum atomic E-state index is -1.04. The number of allylic oxidation sites excluding steroid dienone is 1. The van der Waals surface area contributed by atoms with Crippen LogP contribution in [-0.4, -0.2) is 69.9 Å². The molecule has 0 spiro atoms. The van der Waals surface area contributed by atoms with Gasteiger partial charge in [-0.05, 0) is 36.1 Å². The monoisotopic (exact) mass is 515 g/mol. The molecule has 0 fully saturated rings. The second kappa shape index (κ2) is 11.2. The van der Waals surface area contributed by atoms with Crippen molar-refractivity contribution in [1.82, 2.24) is 15.2 Å². The summed E-state index contributed by atoms with van der Waals surface area (Å²) in [7, 11) is 0. The van der Waals surface area contributed by atoms with Gasteiger partial charge in [0.15, 0.2) is 0 Å². The molecule has 2 aromatic carbocycles. The number of nitrogens with one attached hydrogen (secondary N) is 2. The minimum absolute atomic E-state index is 0.103. The van der Waals surface area contributed by atoms with Crippen molar-refractivity contribution in [3.05, 3.63) is 90.2 Å². The molecular weight excluding hydrogens is 482 g/mol. The lowest BCUT2D eigenvalue weighted by Crippen LogP contribution is -2.56. The number of aromatic amines is 1. The molecule has 1 aromatic heterocycles. The first kappa shape index (κ1) is 25.8. The minimum Gasteiger partial charge on any atom is -0.486 e. The Hall–Kier alpha value is -3.88. The van der Waals surface area contributed by atoms with Gasteiger partial charge in [-0.25, -0.2) is 0 Å². The normalized spacial score (nSPS) is 21.7. The van der Waals surface area contributed by atoms with Gasteiger partial charge in [-0.2, -0.15) is 0 Å². The van der Waals surface area contributed by atoms with Crippen molar-refractivity contribution in [2.24, 2.45) is 0 Å². The molecule has 0 saturated carbocycles. The molecule has 4 N–H and O–H groups in total. The highest BCUT2D eigenvalue weighted by Crippen LogP contribution is 2.47. The SMILES string of the molecule is C=CCCC(=O)N(CCc1cc2ccccc2[nH]1)C1C=C(C(=O)NCCO)C2c3ccccc3OC2C1O. The summed E-state index contributed by atoms with van der Waals surface area (Å²) in [6.45, 7) is 3.99. The van der Waals surface area contributed by atoms with Gasteiger partial charge in [-0.15, -0.1) is 6.58 Å². The van der Waals surface area contributed by atoms with Crippen molar-refractivity contribution in [3.63, 3.8) is 0 Å². The van der Waals surface area contributed by atoms with Crippen molar-refractivity contribution in [2.75, 3.05) is 19.7 Å². The number of para-hydroxylation sites is 2. The third-order valence-electron chi connectivity index (χ3n) is 7.33. The number of amides is 2. The number of ether oxygens (including phenoxy) is 1. The Kier molecular flexibility index (Phi) is 7.62. The zero-order chi connectivity index (χ0) is 26.6. The number of fused-ring (bicyclic) bond motifs is 4. The highest BCUT2D eigenvalue weighted by molar-refractivity contribution is 5.96. The van der Waals surface area contributed by atoms with E-state index in [-0.39, 0.29) is 31.4 Å². The van der Waals surface area contributed by atoms with Crippen LogP contribution in [0.25, 0.3) is 10.9 Å². The molecule has 3 aromatic rings. The third-order valence-corrected chi connectivity index (χ3v) is 7.33. The fourth-order valence-corrected chi connectivity index (χ4v) is 5.51. The van der Waals surface area contributed by atoms with Crippen LogP contribution in [0.15, 0.2) is 78.9 Å². The van der Waals surface area contributed by atoms with E-state index in [1.54, 1.807) is 17.1 Å². The number of hydrogen-bond donors (Lipinski definition) is 4. The van der Waals surface area contributed by atoms with Crippen LogP contribution in [0.5, 0.6) is 5.75 Å². The van der Waals surface area contributed by atoms with Crippen LogP contribution in [0.4, 0.5) is 0 Å². The van der Waals surface area contributed by atoms with Crippen LogP contribution in [0.3, 0.4) is 0 Å². The van der Waals surface area contributed by atoms with Crippen LogP contribution >= 0.6 is 0 Å². The molecule has 2 amide bonds. The van der Waals surface area contributed by atoms with Gasteiger partial charge in [0.2, 0.25) is 11.8 Å². The molecule has 198 valence electrons. The van der Waals surface area contributed by atoms with E-state index in [1.807, 2.05) is 48.5 Å². The Morgan fingerprint density at radius 1 is 1.16 bits per heavy atom. The van der Waals surface area contributed by atoms with Gasteiger partial charge in [0.1, 0.15) is 18.0 Å². The molecule has 0 saturated heterocycles. The zero-order valence-corrected chi connectivity index (χ0v) is 21.2. The van der Waals surface area contributed by atoms with Crippen molar-refractivity contribution in [3.8, 4) is 5.75 Å². The van der Waals surface area contributed by atoms with Gasteiger partial charge in [-0.1, -0.05) is 42.5 Å². The van der Waals surface area contributed by atoms with Crippen LogP contribution in [0.2, 0.25) is 0 Å². The van der Waals surface area contributed by atoms with E-state index in [9.17, 15) is 19.8 Å². The van der Waals surface area contributed by atoms with E-state index in [0.29, 0.717) is 30.7 Å².